The highest BCUT2D eigenvalue weighted by molar-refractivity contribution is 6.35. The average Bonchev–Trinajstić information content (AvgIpc) is 2.72. The van der Waals surface area contributed by atoms with E-state index in [1.807, 2.05) is 0 Å². The fourth-order valence-corrected chi connectivity index (χ4v) is 2.59. The van der Waals surface area contributed by atoms with Crippen LogP contribution in [-0.2, 0) is 4.74 Å². The topological polar surface area (TPSA) is 59.2 Å². The van der Waals surface area contributed by atoms with Crippen LogP contribution in [0.2, 0.25) is 5.02 Å². The van der Waals surface area contributed by atoms with E-state index >= 15 is 0 Å². The Morgan fingerprint density at radius 3 is 2.27 bits per heavy atom. The van der Waals surface area contributed by atoms with Gasteiger partial charge in [0.05, 0.1) is 22.3 Å². The Bertz CT molecular complexity index is 732. The lowest BCUT2D eigenvalue weighted by molar-refractivity contribution is 0.0375. The molecule has 116 valence electrons. The standard InChI is InChI=1S/C17H18ClNO3/c1-9(2)22-17(21)15-11(4)19-10(3)14(15)16(20)12-7-5-6-8-13(12)18/h5-9,19H,1-4H3. The van der Waals surface area contributed by atoms with Crippen molar-refractivity contribution < 1.29 is 14.3 Å². The van der Waals surface area contributed by atoms with Gasteiger partial charge in [-0.3, -0.25) is 4.79 Å². The number of aromatic nitrogens is 1. The maximum atomic E-state index is 12.8. The van der Waals surface area contributed by atoms with E-state index in [-0.39, 0.29) is 17.5 Å². The zero-order valence-corrected chi connectivity index (χ0v) is 13.7. The first-order valence-corrected chi connectivity index (χ1v) is 7.40. The molecule has 2 rings (SSSR count). The second kappa shape index (κ2) is 6.36. The fraction of sp³-hybridized carbons (Fsp3) is 0.294. The van der Waals surface area contributed by atoms with Crippen molar-refractivity contribution in [3.05, 3.63) is 57.4 Å². The van der Waals surface area contributed by atoms with Gasteiger partial charge in [0, 0.05) is 17.0 Å². The highest BCUT2D eigenvalue weighted by Crippen LogP contribution is 2.26. The summed E-state index contributed by atoms with van der Waals surface area (Å²) in [5.74, 6) is -0.796. The van der Waals surface area contributed by atoms with Crippen LogP contribution in [-0.4, -0.2) is 22.8 Å². The number of halogens is 1. The van der Waals surface area contributed by atoms with Crippen molar-refractivity contribution in [1.29, 1.82) is 0 Å². The molecule has 0 amide bonds. The first kappa shape index (κ1) is 16.3. The van der Waals surface area contributed by atoms with Crippen molar-refractivity contribution in [1.82, 2.24) is 4.98 Å². The summed E-state index contributed by atoms with van der Waals surface area (Å²) in [5, 5.41) is 0.355. The summed E-state index contributed by atoms with van der Waals surface area (Å²) < 4.78 is 5.24. The van der Waals surface area contributed by atoms with Gasteiger partial charge in [-0.1, -0.05) is 23.7 Å². The molecule has 4 nitrogen and oxygen atoms in total. The summed E-state index contributed by atoms with van der Waals surface area (Å²) in [6, 6.07) is 6.78. The Labute approximate surface area is 134 Å². The van der Waals surface area contributed by atoms with Crippen LogP contribution in [0.1, 0.15) is 51.5 Å². The molecule has 1 N–H and O–H groups in total. The van der Waals surface area contributed by atoms with Crippen molar-refractivity contribution in [3.63, 3.8) is 0 Å². The van der Waals surface area contributed by atoms with Gasteiger partial charge in [0.2, 0.25) is 0 Å². The van der Waals surface area contributed by atoms with E-state index in [1.54, 1.807) is 52.0 Å². The quantitative estimate of drug-likeness (QED) is 0.682. The molecule has 0 fully saturated rings. The molecular formula is C17H18ClNO3. The van der Waals surface area contributed by atoms with Crippen LogP contribution in [0.5, 0.6) is 0 Å². The van der Waals surface area contributed by atoms with Gasteiger partial charge in [-0.25, -0.2) is 4.79 Å². The Balaban J connectivity index is 2.54. The van der Waals surface area contributed by atoms with Crippen molar-refractivity contribution in [2.45, 2.75) is 33.8 Å². The van der Waals surface area contributed by atoms with Crippen LogP contribution >= 0.6 is 11.6 Å². The van der Waals surface area contributed by atoms with E-state index in [2.05, 4.69) is 4.98 Å². The maximum absolute atomic E-state index is 12.8. The van der Waals surface area contributed by atoms with Gasteiger partial charge >= 0.3 is 5.97 Å². The lowest BCUT2D eigenvalue weighted by Crippen LogP contribution is -2.16. The number of rotatable bonds is 4. The number of esters is 1. The zero-order chi connectivity index (χ0) is 16.4. The zero-order valence-electron chi connectivity index (χ0n) is 13.0. The Hall–Kier alpha value is -2.07. The smallest absolute Gasteiger partial charge is 0.340 e. The predicted octanol–water partition coefficient (Wildman–Crippen LogP) is 4.08. The van der Waals surface area contributed by atoms with Crippen molar-refractivity contribution in [2.75, 3.05) is 0 Å². The molecule has 1 aromatic heterocycles. The Kier molecular flexibility index (Phi) is 4.71. The predicted molar refractivity (Wildman–Crippen MR) is 85.7 cm³/mol. The molecule has 0 aliphatic rings. The minimum Gasteiger partial charge on any atom is -0.459 e. The van der Waals surface area contributed by atoms with Crippen molar-refractivity contribution >= 4 is 23.4 Å². The fourth-order valence-electron chi connectivity index (χ4n) is 2.37. The molecule has 0 radical (unpaired) electrons. The van der Waals surface area contributed by atoms with Crippen LogP contribution < -0.4 is 0 Å². The minimum atomic E-state index is -0.507. The molecule has 0 bridgehead atoms. The highest BCUT2D eigenvalue weighted by atomic mass is 35.5. The van der Waals surface area contributed by atoms with Crippen LogP contribution in [0.25, 0.3) is 0 Å². The number of carbonyl (C=O) groups excluding carboxylic acids is 2. The number of ether oxygens (including phenoxy) is 1. The van der Waals surface area contributed by atoms with Crippen LogP contribution in [0, 0.1) is 13.8 Å². The molecule has 22 heavy (non-hydrogen) atoms. The SMILES string of the molecule is Cc1[nH]c(C)c(C(=O)c2ccccc2Cl)c1C(=O)OC(C)C. The number of ketones is 1. The lowest BCUT2D eigenvalue weighted by atomic mass is 9.99. The average molecular weight is 320 g/mol. The monoisotopic (exact) mass is 319 g/mol. The number of benzene rings is 1. The lowest BCUT2D eigenvalue weighted by Gasteiger charge is -2.10. The number of nitrogens with one attached hydrogen (secondary N) is 1. The van der Waals surface area contributed by atoms with Gasteiger partial charge in [-0.2, -0.15) is 0 Å². The summed E-state index contributed by atoms with van der Waals surface area (Å²) in [6.07, 6.45) is -0.259. The molecular weight excluding hydrogens is 302 g/mol. The van der Waals surface area contributed by atoms with Crippen LogP contribution in [0.15, 0.2) is 24.3 Å². The number of aromatic amines is 1. The van der Waals surface area contributed by atoms with Crippen LogP contribution in [0.3, 0.4) is 0 Å². The molecule has 0 saturated heterocycles. The summed E-state index contributed by atoms with van der Waals surface area (Å²) in [4.78, 5) is 28.1. The van der Waals surface area contributed by atoms with E-state index < -0.39 is 5.97 Å². The molecule has 5 heteroatoms. The molecule has 0 spiro atoms. The third-order valence-electron chi connectivity index (χ3n) is 3.27. The number of hydrogen-bond acceptors (Lipinski definition) is 3. The van der Waals surface area contributed by atoms with Crippen molar-refractivity contribution in [2.24, 2.45) is 0 Å². The van der Waals surface area contributed by atoms with E-state index in [0.717, 1.165) is 0 Å². The van der Waals surface area contributed by atoms with Gasteiger partial charge < -0.3 is 9.72 Å². The summed E-state index contributed by atoms with van der Waals surface area (Å²) in [5.41, 5.74) is 2.19. The Morgan fingerprint density at radius 2 is 1.68 bits per heavy atom. The van der Waals surface area contributed by atoms with Gasteiger partial charge in [-0.05, 0) is 39.8 Å². The summed E-state index contributed by atoms with van der Waals surface area (Å²) in [6.45, 7) is 7.03. The number of H-pyrrole nitrogens is 1. The van der Waals surface area contributed by atoms with Crippen LogP contribution in [0.4, 0.5) is 0 Å². The molecule has 1 aromatic carbocycles. The first-order valence-electron chi connectivity index (χ1n) is 7.02. The Morgan fingerprint density at radius 1 is 1.09 bits per heavy atom. The number of hydrogen-bond donors (Lipinski definition) is 1. The highest BCUT2D eigenvalue weighted by Gasteiger charge is 2.27. The molecule has 1 heterocycles. The van der Waals surface area contributed by atoms with E-state index in [1.165, 1.54) is 0 Å². The van der Waals surface area contributed by atoms with Gasteiger partial charge in [0.25, 0.3) is 0 Å². The van der Waals surface area contributed by atoms with E-state index in [9.17, 15) is 9.59 Å². The molecule has 0 unspecified atom stereocenters. The summed E-state index contributed by atoms with van der Waals surface area (Å²) >= 11 is 6.10. The van der Waals surface area contributed by atoms with Gasteiger partial charge in [0.1, 0.15) is 0 Å². The number of carbonyl (C=O) groups is 2. The summed E-state index contributed by atoms with van der Waals surface area (Å²) in [7, 11) is 0. The third-order valence-corrected chi connectivity index (χ3v) is 3.60. The first-order chi connectivity index (χ1) is 10.3. The molecule has 0 aliphatic carbocycles. The molecule has 0 saturated carbocycles. The second-order valence-electron chi connectivity index (χ2n) is 5.39. The van der Waals surface area contributed by atoms with Crippen molar-refractivity contribution in [3.8, 4) is 0 Å². The second-order valence-corrected chi connectivity index (χ2v) is 5.80. The van der Waals surface area contributed by atoms with Gasteiger partial charge in [0.15, 0.2) is 5.78 Å². The third kappa shape index (κ3) is 3.07. The van der Waals surface area contributed by atoms with Gasteiger partial charge in [-0.15, -0.1) is 0 Å². The molecule has 2 aromatic rings. The molecule has 0 aliphatic heterocycles. The molecule has 0 atom stereocenters. The van der Waals surface area contributed by atoms with E-state index in [4.69, 9.17) is 16.3 Å². The van der Waals surface area contributed by atoms with E-state index in [0.29, 0.717) is 27.5 Å². The maximum Gasteiger partial charge on any atom is 0.340 e. The normalized spacial score (nSPS) is 10.8. The minimum absolute atomic E-state index is 0.259. The largest absolute Gasteiger partial charge is 0.459 e. The number of aryl methyl sites for hydroxylation is 2.